The number of carbonyl (C=O) groups is 1. The largest absolute Gasteiger partial charge is 0.460 e. The van der Waals surface area contributed by atoms with E-state index >= 15 is 0 Å². The summed E-state index contributed by atoms with van der Waals surface area (Å²) in [5.41, 5.74) is 0. The van der Waals surface area contributed by atoms with Crippen LogP contribution in [0.1, 0.15) is 71.1 Å². The molecule has 0 unspecified atom stereocenters. The summed E-state index contributed by atoms with van der Waals surface area (Å²) < 4.78 is 5.16. The molecule has 1 fully saturated rings. The van der Waals surface area contributed by atoms with Gasteiger partial charge in [-0.05, 0) is 44.9 Å². The van der Waals surface area contributed by atoms with Crippen LogP contribution >= 0.6 is 0 Å². The first-order chi connectivity index (χ1) is 11.2. The van der Waals surface area contributed by atoms with Crippen molar-refractivity contribution in [3.05, 3.63) is 36.5 Å². The standard InChI is InChI=1S/C20H32O3/c1-2-3-4-5-6-7-8-9-10-11-12-13-15-18(21)19-16-14-17-20(22)23-19/h6-7,9-10,12-13,18-19,21H,2-5,8,11,14-17H2,1H3/b7-6+,10-9+,13-12+/t18-,19+/m0/s1. The molecule has 2 atom stereocenters. The number of carbonyl (C=O) groups excluding carboxylic acids is 1. The molecule has 1 rings (SSSR count). The van der Waals surface area contributed by atoms with Crippen LogP contribution in [-0.4, -0.2) is 23.3 Å². The highest BCUT2D eigenvalue weighted by molar-refractivity contribution is 5.70. The highest BCUT2D eigenvalue weighted by Crippen LogP contribution is 2.18. The van der Waals surface area contributed by atoms with Gasteiger partial charge in [-0.25, -0.2) is 0 Å². The average molecular weight is 320 g/mol. The van der Waals surface area contributed by atoms with Crippen LogP contribution in [0.15, 0.2) is 36.5 Å². The molecule has 1 N–H and O–H groups in total. The molecule has 3 heteroatoms. The Balaban J connectivity index is 2.05. The molecule has 0 amide bonds. The normalized spacial score (nSPS) is 20.6. The number of rotatable bonds is 11. The van der Waals surface area contributed by atoms with Gasteiger partial charge < -0.3 is 9.84 Å². The van der Waals surface area contributed by atoms with E-state index in [1.807, 2.05) is 6.08 Å². The Morgan fingerprint density at radius 2 is 1.83 bits per heavy atom. The lowest BCUT2D eigenvalue weighted by atomic mass is 10.0. The molecule has 1 aliphatic rings. The molecule has 23 heavy (non-hydrogen) atoms. The van der Waals surface area contributed by atoms with Crippen molar-refractivity contribution in [3.63, 3.8) is 0 Å². The van der Waals surface area contributed by atoms with Gasteiger partial charge in [0.15, 0.2) is 0 Å². The zero-order valence-corrected chi connectivity index (χ0v) is 14.5. The van der Waals surface area contributed by atoms with Gasteiger partial charge in [0.05, 0.1) is 6.10 Å². The number of unbranched alkanes of at least 4 members (excludes halogenated alkanes) is 3. The van der Waals surface area contributed by atoms with Gasteiger partial charge in [-0.1, -0.05) is 56.2 Å². The van der Waals surface area contributed by atoms with Crippen molar-refractivity contribution in [1.29, 1.82) is 0 Å². The first kappa shape index (κ1) is 19.7. The molecule has 0 spiro atoms. The Labute approximate surface area is 141 Å². The lowest BCUT2D eigenvalue weighted by Crippen LogP contribution is -2.34. The highest BCUT2D eigenvalue weighted by atomic mass is 16.6. The molecule has 3 nitrogen and oxygen atoms in total. The fraction of sp³-hybridized carbons (Fsp3) is 0.650. The van der Waals surface area contributed by atoms with Gasteiger partial charge in [0, 0.05) is 6.42 Å². The van der Waals surface area contributed by atoms with E-state index in [0.29, 0.717) is 12.8 Å². The molecule has 130 valence electrons. The van der Waals surface area contributed by atoms with Crippen LogP contribution in [0.3, 0.4) is 0 Å². The number of cyclic esters (lactones) is 1. The first-order valence-electron chi connectivity index (χ1n) is 9.06. The van der Waals surface area contributed by atoms with E-state index in [9.17, 15) is 9.90 Å². The quantitative estimate of drug-likeness (QED) is 0.336. The Bertz CT molecular complexity index is 396. The Morgan fingerprint density at radius 1 is 1.13 bits per heavy atom. The van der Waals surface area contributed by atoms with Crippen molar-refractivity contribution in [1.82, 2.24) is 0 Å². The van der Waals surface area contributed by atoms with Crippen LogP contribution in [0.25, 0.3) is 0 Å². The van der Waals surface area contributed by atoms with E-state index in [0.717, 1.165) is 25.7 Å². The molecule has 1 saturated heterocycles. The Morgan fingerprint density at radius 3 is 2.52 bits per heavy atom. The van der Waals surface area contributed by atoms with Crippen molar-refractivity contribution in [2.24, 2.45) is 0 Å². The smallest absolute Gasteiger partial charge is 0.306 e. The SMILES string of the molecule is CCCCC/C=C/C/C=C/C/C=C/C[C@H](O)[C@H]1CCCC(=O)O1. The number of hydrogen-bond acceptors (Lipinski definition) is 3. The summed E-state index contributed by atoms with van der Waals surface area (Å²) >= 11 is 0. The van der Waals surface area contributed by atoms with Crippen LogP contribution < -0.4 is 0 Å². The number of aliphatic hydroxyl groups excluding tert-OH is 1. The molecule has 0 aromatic heterocycles. The second kappa shape index (κ2) is 13.1. The Kier molecular flexibility index (Phi) is 11.2. The van der Waals surface area contributed by atoms with Gasteiger partial charge in [-0.2, -0.15) is 0 Å². The zero-order valence-electron chi connectivity index (χ0n) is 14.5. The average Bonchev–Trinajstić information content (AvgIpc) is 2.55. The third-order valence-electron chi connectivity index (χ3n) is 3.98. The second-order valence-corrected chi connectivity index (χ2v) is 6.10. The van der Waals surface area contributed by atoms with Crippen molar-refractivity contribution in [2.75, 3.05) is 0 Å². The van der Waals surface area contributed by atoms with Crippen LogP contribution in [0.4, 0.5) is 0 Å². The minimum absolute atomic E-state index is 0.185. The third kappa shape index (κ3) is 10.1. The zero-order chi connectivity index (χ0) is 16.8. The number of ether oxygens (including phenoxy) is 1. The van der Waals surface area contributed by atoms with Crippen molar-refractivity contribution >= 4 is 5.97 Å². The molecular formula is C20H32O3. The highest BCUT2D eigenvalue weighted by Gasteiger charge is 2.26. The molecule has 0 aliphatic carbocycles. The minimum atomic E-state index is -0.578. The fourth-order valence-electron chi connectivity index (χ4n) is 2.56. The number of esters is 1. The maximum absolute atomic E-state index is 11.2. The lowest BCUT2D eigenvalue weighted by molar-refractivity contribution is -0.160. The number of hydrogen-bond donors (Lipinski definition) is 1. The predicted molar refractivity (Wildman–Crippen MR) is 95.2 cm³/mol. The first-order valence-corrected chi connectivity index (χ1v) is 9.06. The summed E-state index contributed by atoms with van der Waals surface area (Å²) in [5, 5.41) is 10.00. The van der Waals surface area contributed by atoms with E-state index in [1.54, 1.807) is 0 Å². The fourth-order valence-corrected chi connectivity index (χ4v) is 2.56. The van der Waals surface area contributed by atoms with E-state index in [2.05, 4.69) is 37.3 Å². The van der Waals surface area contributed by atoms with Crippen LogP contribution in [0.5, 0.6) is 0 Å². The van der Waals surface area contributed by atoms with E-state index < -0.39 is 6.10 Å². The maximum atomic E-state index is 11.2. The topological polar surface area (TPSA) is 46.5 Å². The summed E-state index contributed by atoms with van der Waals surface area (Å²) in [7, 11) is 0. The number of aliphatic hydroxyl groups is 1. The van der Waals surface area contributed by atoms with Gasteiger partial charge in [-0.15, -0.1) is 0 Å². The third-order valence-corrected chi connectivity index (χ3v) is 3.98. The molecule has 1 heterocycles. The molecule has 0 radical (unpaired) electrons. The summed E-state index contributed by atoms with van der Waals surface area (Å²) in [6.45, 7) is 2.22. The molecule has 0 bridgehead atoms. The van der Waals surface area contributed by atoms with Crippen molar-refractivity contribution < 1.29 is 14.6 Å². The monoisotopic (exact) mass is 320 g/mol. The molecule has 0 saturated carbocycles. The summed E-state index contributed by atoms with van der Waals surface area (Å²) in [6.07, 6.45) is 21.5. The summed E-state index contributed by atoms with van der Waals surface area (Å²) in [6, 6.07) is 0. The second-order valence-electron chi connectivity index (χ2n) is 6.10. The van der Waals surface area contributed by atoms with E-state index in [4.69, 9.17) is 4.74 Å². The molecular weight excluding hydrogens is 288 g/mol. The number of allylic oxidation sites excluding steroid dienone is 5. The van der Waals surface area contributed by atoms with Crippen LogP contribution in [0.2, 0.25) is 0 Å². The summed E-state index contributed by atoms with van der Waals surface area (Å²) in [4.78, 5) is 11.2. The van der Waals surface area contributed by atoms with Gasteiger partial charge in [0.1, 0.15) is 6.10 Å². The van der Waals surface area contributed by atoms with Gasteiger partial charge in [0.25, 0.3) is 0 Å². The maximum Gasteiger partial charge on any atom is 0.306 e. The molecule has 1 aliphatic heterocycles. The molecule has 0 aromatic carbocycles. The minimum Gasteiger partial charge on any atom is -0.460 e. The lowest BCUT2D eigenvalue weighted by Gasteiger charge is -2.25. The van der Waals surface area contributed by atoms with Crippen LogP contribution in [-0.2, 0) is 9.53 Å². The van der Waals surface area contributed by atoms with Crippen molar-refractivity contribution in [2.45, 2.75) is 83.3 Å². The van der Waals surface area contributed by atoms with Crippen molar-refractivity contribution in [3.8, 4) is 0 Å². The molecule has 0 aromatic rings. The van der Waals surface area contributed by atoms with Gasteiger partial charge in [-0.3, -0.25) is 4.79 Å². The van der Waals surface area contributed by atoms with E-state index in [1.165, 1.54) is 25.7 Å². The van der Waals surface area contributed by atoms with Gasteiger partial charge in [0.2, 0.25) is 0 Å². The predicted octanol–water partition coefficient (Wildman–Crippen LogP) is 4.86. The Hall–Kier alpha value is -1.35. The summed E-state index contributed by atoms with van der Waals surface area (Å²) in [5.74, 6) is -0.185. The van der Waals surface area contributed by atoms with Gasteiger partial charge >= 0.3 is 5.97 Å². The van der Waals surface area contributed by atoms with Crippen LogP contribution in [0, 0.1) is 0 Å². The van der Waals surface area contributed by atoms with E-state index in [-0.39, 0.29) is 12.1 Å².